The zero-order valence-corrected chi connectivity index (χ0v) is 30.8. The van der Waals surface area contributed by atoms with Gasteiger partial charge in [0.05, 0.1) is 11.9 Å². The number of hydrogen-bond donors (Lipinski definition) is 0. The van der Waals surface area contributed by atoms with Gasteiger partial charge in [0.1, 0.15) is 24.3 Å². The molecule has 4 aromatic heterocycles. The van der Waals surface area contributed by atoms with Crippen LogP contribution in [0.3, 0.4) is 0 Å². The molecule has 0 spiro atoms. The molecule has 2 aliphatic rings. The Labute approximate surface area is 274 Å². The molecule has 2 fully saturated rings. The van der Waals surface area contributed by atoms with Gasteiger partial charge in [0.15, 0.2) is 5.65 Å². The number of pyridine rings is 1. The van der Waals surface area contributed by atoms with E-state index in [1.165, 1.54) is 37.8 Å². The van der Waals surface area contributed by atoms with E-state index in [0.717, 1.165) is 70.4 Å². The largest absolute Gasteiger partial charge is 0.361 e. The Morgan fingerprint density at radius 2 is 1.58 bits per heavy atom. The second kappa shape index (κ2) is 13.7. The Hall–Kier alpha value is -2.45. The van der Waals surface area contributed by atoms with Gasteiger partial charge in [-0.15, -0.1) is 11.3 Å². The van der Waals surface area contributed by atoms with Crippen LogP contribution in [0.2, 0.25) is 51.4 Å². The third-order valence-electron chi connectivity index (χ3n) is 9.31. The Kier molecular flexibility index (Phi) is 9.91. The summed E-state index contributed by atoms with van der Waals surface area (Å²) >= 11 is 1.60. The van der Waals surface area contributed by atoms with E-state index >= 15 is 0 Å². The van der Waals surface area contributed by atoms with Gasteiger partial charge < -0.3 is 14.4 Å². The number of aromatic nitrogens is 5. The van der Waals surface area contributed by atoms with E-state index in [0.29, 0.717) is 19.4 Å². The molecule has 0 saturated heterocycles. The molecule has 0 amide bonds. The van der Waals surface area contributed by atoms with Gasteiger partial charge in [0.25, 0.3) is 0 Å². The van der Waals surface area contributed by atoms with Gasteiger partial charge in [-0.05, 0) is 49.3 Å². The number of nitrogens with zero attached hydrogens (tertiary/aromatic N) is 6. The second-order valence-corrected chi connectivity index (χ2v) is 27.7. The predicted molar refractivity (Wildman–Crippen MR) is 191 cm³/mol. The molecule has 0 N–H and O–H groups in total. The highest BCUT2D eigenvalue weighted by atomic mass is 32.1. The normalized spacial score (nSPS) is 20.3. The first-order valence-electron chi connectivity index (χ1n) is 16.7. The van der Waals surface area contributed by atoms with Gasteiger partial charge in [-0.25, -0.2) is 9.97 Å². The Bertz CT molecular complexity index is 1510. The molecule has 45 heavy (non-hydrogen) atoms. The first kappa shape index (κ1) is 32.5. The van der Waals surface area contributed by atoms with Crippen molar-refractivity contribution in [1.82, 2.24) is 24.6 Å². The summed E-state index contributed by atoms with van der Waals surface area (Å²) < 4.78 is 14.7. The topological polar surface area (TPSA) is 77.7 Å². The zero-order chi connectivity index (χ0) is 31.6. The van der Waals surface area contributed by atoms with Crippen molar-refractivity contribution in [3.05, 3.63) is 47.9 Å². The van der Waals surface area contributed by atoms with E-state index in [1.54, 1.807) is 11.3 Å². The summed E-state index contributed by atoms with van der Waals surface area (Å²) in [5.41, 5.74) is 4.94. The van der Waals surface area contributed by atoms with E-state index in [2.05, 4.69) is 61.3 Å². The van der Waals surface area contributed by atoms with Crippen molar-refractivity contribution in [1.29, 1.82) is 0 Å². The third kappa shape index (κ3) is 8.29. The summed E-state index contributed by atoms with van der Waals surface area (Å²) in [5.74, 6) is 3.12. The predicted octanol–water partition coefficient (Wildman–Crippen LogP) is 8.64. The van der Waals surface area contributed by atoms with Gasteiger partial charge in [0.2, 0.25) is 0 Å². The van der Waals surface area contributed by atoms with Gasteiger partial charge in [0, 0.05) is 75.9 Å². The Balaban J connectivity index is 1.35. The number of thiazole rings is 1. The van der Waals surface area contributed by atoms with Crippen molar-refractivity contribution in [3.63, 3.8) is 0 Å². The van der Waals surface area contributed by atoms with E-state index in [1.807, 2.05) is 34.6 Å². The first-order chi connectivity index (χ1) is 21.5. The van der Waals surface area contributed by atoms with Crippen LogP contribution in [-0.4, -0.2) is 67.4 Å². The average Bonchev–Trinajstić information content (AvgIpc) is 3.75. The molecule has 2 atom stereocenters. The molecule has 0 aliphatic heterocycles. The van der Waals surface area contributed by atoms with Crippen molar-refractivity contribution in [3.8, 4) is 21.8 Å². The molecule has 4 aromatic rings. The Morgan fingerprint density at radius 3 is 2.16 bits per heavy atom. The standard InChI is InChI=1S/C34H50N6O2SSi2/c1-44(2,3)15-12-41-23-39(24-42-13-16-45(4,5)6)32-20-31(28-18-25-7-8-26(17-25)19-28)38-33-29(22-37-40(32)33)27-9-10-30(36-21-27)34-35-11-14-43-34/h9-11,14,20-22,25-26,28H,7-8,12-13,15-19,23-24H2,1-6H3. The summed E-state index contributed by atoms with van der Waals surface area (Å²) in [6, 6.07) is 8.72. The van der Waals surface area contributed by atoms with E-state index < -0.39 is 16.1 Å². The van der Waals surface area contributed by atoms with Crippen molar-refractivity contribution >= 4 is 38.9 Å². The minimum absolute atomic E-state index is 0.463. The van der Waals surface area contributed by atoms with Crippen molar-refractivity contribution < 1.29 is 9.47 Å². The smallest absolute Gasteiger partial charge is 0.165 e. The molecule has 0 radical (unpaired) electrons. The molecule has 4 heterocycles. The summed E-state index contributed by atoms with van der Waals surface area (Å²) in [4.78, 5) is 16.8. The van der Waals surface area contributed by atoms with Crippen molar-refractivity contribution in [2.75, 3.05) is 31.6 Å². The number of anilines is 1. The Morgan fingerprint density at radius 1 is 0.889 bits per heavy atom. The molecule has 11 heteroatoms. The number of hydrogen-bond acceptors (Lipinski definition) is 8. The van der Waals surface area contributed by atoms with Crippen LogP contribution >= 0.6 is 11.3 Å². The van der Waals surface area contributed by atoms with Gasteiger partial charge in [-0.1, -0.05) is 58.2 Å². The fourth-order valence-corrected chi connectivity index (χ4v) is 8.78. The molecule has 2 bridgehead atoms. The fraction of sp³-hybridized carbons (Fsp3) is 0.588. The van der Waals surface area contributed by atoms with Crippen LogP contribution in [-0.2, 0) is 9.47 Å². The average molecular weight is 663 g/mol. The quantitative estimate of drug-likeness (QED) is 0.0760. The summed E-state index contributed by atoms with van der Waals surface area (Å²) in [6.07, 6.45) is 12.3. The highest BCUT2D eigenvalue weighted by Crippen LogP contribution is 2.48. The summed E-state index contributed by atoms with van der Waals surface area (Å²) in [6.45, 7) is 16.8. The molecule has 2 saturated carbocycles. The maximum atomic E-state index is 6.36. The third-order valence-corrected chi connectivity index (χ3v) is 13.5. The van der Waals surface area contributed by atoms with Gasteiger partial charge in [-0.2, -0.15) is 9.61 Å². The SMILES string of the molecule is C[Si](C)(C)CCOCN(COCC[Si](C)(C)C)c1cc(C2CC3CCC(C3)C2)nc2c(-c3ccc(-c4nccs4)nc3)cnn12. The minimum Gasteiger partial charge on any atom is -0.361 e. The van der Waals surface area contributed by atoms with Gasteiger partial charge >= 0.3 is 0 Å². The lowest BCUT2D eigenvalue weighted by atomic mass is 9.79. The summed E-state index contributed by atoms with van der Waals surface area (Å²) in [7, 11) is -2.41. The maximum absolute atomic E-state index is 6.36. The van der Waals surface area contributed by atoms with Crippen molar-refractivity contribution in [2.45, 2.75) is 89.4 Å². The zero-order valence-electron chi connectivity index (χ0n) is 28.0. The van der Waals surface area contributed by atoms with Crippen molar-refractivity contribution in [2.24, 2.45) is 11.8 Å². The summed E-state index contributed by atoms with van der Waals surface area (Å²) in [5, 5.41) is 7.84. The second-order valence-electron chi connectivity index (χ2n) is 15.6. The maximum Gasteiger partial charge on any atom is 0.165 e. The van der Waals surface area contributed by atoms with Crippen LogP contribution in [0.1, 0.15) is 43.7 Å². The number of ether oxygens (including phenoxy) is 2. The highest BCUT2D eigenvalue weighted by molar-refractivity contribution is 7.13. The number of rotatable bonds is 14. The molecule has 2 aliphatic carbocycles. The lowest BCUT2D eigenvalue weighted by molar-refractivity contribution is 0.0942. The van der Waals surface area contributed by atoms with Gasteiger partial charge in [-0.3, -0.25) is 4.98 Å². The fourth-order valence-electron chi connectivity index (χ4n) is 6.66. The van der Waals surface area contributed by atoms with Crippen LogP contribution in [0.25, 0.3) is 27.5 Å². The van der Waals surface area contributed by atoms with Crippen LogP contribution in [0.4, 0.5) is 5.82 Å². The molecular formula is C34H50N6O2SSi2. The van der Waals surface area contributed by atoms with Crippen LogP contribution in [0.5, 0.6) is 0 Å². The first-order valence-corrected chi connectivity index (χ1v) is 25.0. The minimum atomic E-state index is -1.21. The lowest BCUT2D eigenvalue weighted by Crippen LogP contribution is -2.33. The van der Waals surface area contributed by atoms with E-state index in [4.69, 9.17) is 24.5 Å². The molecular weight excluding hydrogens is 613 g/mol. The molecule has 2 unspecified atom stereocenters. The van der Waals surface area contributed by atoms with E-state index in [9.17, 15) is 0 Å². The number of fused-ring (bicyclic) bond motifs is 3. The molecule has 6 rings (SSSR count). The van der Waals surface area contributed by atoms with Crippen LogP contribution in [0, 0.1) is 11.8 Å². The molecule has 8 nitrogen and oxygen atoms in total. The molecule has 0 aromatic carbocycles. The van der Waals surface area contributed by atoms with Crippen LogP contribution in [0.15, 0.2) is 42.2 Å². The van der Waals surface area contributed by atoms with Crippen LogP contribution < -0.4 is 4.90 Å². The monoisotopic (exact) mass is 662 g/mol. The molecule has 242 valence electrons. The lowest BCUT2D eigenvalue weighted by Gasteiger charge is -2.30. The highest BCUT2D eigenvalue weighted by Gasteiger charge is 2.36. The van der Waals surface area contributed by atoms with E-state index in [-0.39, 0.29) is 0 Å².